The molecule has 76 valence electrons. The number of nitrogens with two attached hydrogens (primary N) is 1. The Balaban J connectivity index is 3.13. The Kier molecular flexibility index (Phi) is 3.61. The van der Waals surface area contributed by atoms with Gasteiger partial charge < -0.3 is 5.73 Å². The monoisotopic (exact) mass is 217 g/mol. The molecule has 1 rings (SSSR count). The van der Waals surface area contributed by atoms with Gasteiger partial charge in [0, 0.05) is 11.6 Å². The summed E-state index contributed by atoms with van der Waals surface area (Å²) in [6.07, 6.45) is 2.93. The van der Waals surface area contributed by atoms with Gasteiger partial charge in [0.05, 0.1) is 5.02 Å². The molecule has 0 saturated heterocycles. The molecular weight excluding hydrogens is 208 g/mol. The lowest BCUT2D eigenvalue weighted by Crippen LogP contribution is -2.10. The van der Waals surface area contributed by atoms with Crippen molar-refractivity contribution in [3.63, 3.8) is 0 Å². The number of benzene rings is 1. The maximum atomic E-state index is 13.1. The maximum absolute atomic E-state index is 13.1. The molecule has 0 amide bonds. The molecule has 0 bridgehead atoms. The van der Waals surface area contributed by atoms with Crippen LogP contribution in [-0.4, -0.2) is 6.04 Å². The molecule has 1 unspecified atom stereocenters. The van der Waals surface area contributed by atoms with E-state index < -0.39 is 11.6 Å². The van der Waals surface area contributed by atoms with Crippen LogP contribution in [0.5, 0.6) is 0 Å². The van der Waals surface area contributed by atoms with Crippen molar-refractivity contribution in [1.29, 1.82) is 0 Å². The van der Waals surface area contributed by atoms with Gasteiger partial charge in [-0.1, -0.05) is 23.8 Å². The molecule has 0 saturated carbocycles. The quantitative estimate of drug-likeness (QED) is 0.758. The molecule has 0 radical (unpaired) electrons. The molecule has 1 aromatic rings. The molecule has 2 N–H and O–H groups in total. The van der Waals surface area contributed by atoms with Gasteiger partial charge in [-0.05, 0) is 19.1 Å². The van der Waals surface area contributed by atoms with Crippen LogP contribution >= 0.6 is 11.6 Å². The molecule has 4 heteroatoms. The smallest absolute Gasteiger partial charge is 0.142 e. The molecule has 0 heterocycles. The third-order valence-electron chi connectivity index (χ3n) is 1.65. The van der Waals surface area contributed by atoms with Gasteiger partial charge in [-0.25, -0.2) is 8.78 Å². The SMILES string of the molecule is CC(N)/C=C/c1c(F)ccc(F)c1Cl. The molecule has 0 aliphatic carbocycles. The zero-order chi connectivity index (χ0) is 10.7. The van der Waals surface area contributed by atoms with Gasteiger partial charge in [0.25, 0.3) is 0 Å². The summed E-state index contributed by atoms with van der Waals surface area (Å²) < 4.78 is 26.1. The van der Waals surface area contributed by atoms with E-state index in [1.54, 1.807) is 13.0 Å². The van der Waals surface area contributed by atoms with Crippen LogP contribution in [0.1, 0.15) is 12.5 Å². The van der Waals surface area contributed by atoms with Crippen molar-refractivity contribution in [2.75, 3.05) is 0 Å². The largest absolute Gasteiger partial charge is 0.325 e. The second-order valence-electron chi connectivity index (χ2n) is 2.98. The minimum atomic E-state index is -0.641. The van der Waals surface area contributed by atoms with Gasteiger partial charge in [0.15, 0.2) is 0 Å². The van der Waals surface area contributed by atoms with Crippen LogP contribution in [0.4, 0.5) is 8.78 Å². The van der Waals surface area contributed by atoms with Gasteiger partial charge in [0.1, 0.15) is 11.6 Å². The summed E-state index contributed by atoms with van der Waals surface area (Å²) in [4.78, 5) is 0. The molecular formula is C10H10ClF2N. The summed E-state index contributed by atoms with van der Waals surface area (Å²) in [6, 6.07) is 1.79. The fourth-order valence-corrected chi connectivity index (χ4v) is 1.16. The first-order valence-corrected chi connectivity index (χ1v) is 4.47. The van der Waals surface area contributed by atoms with Crippen LogP contribution in [0.15, 0.2) is 18.2 Å². The first kappa shape index (κ1) is 11.1. The van der Waals surface area contributed by atoms with E-state index in [-0.39, 0.29) is 16.6 Å². The number of rotatable bonds is 2. The Labute approximate surface area is 86.2 Å². The molecule has 1 aromatic carbocycles. The van der Waals surface area contributed by atoms with Crippen LogP contribution in [0.2, 0.25) is 5.02 Å². The highest BCUT2D eigenvalue weighted by molar-refractivity contribution is 6.32. The Morgan fingerprint density at radius 2 is 1.93 bits per heavy atom. The lowest BCUT2D eigenvalue weighted by atomic mass is 10.1. The van der Waals surface area contributed by atoms with Crippen molar-refractivity contribution in [1.82, 2.24) is 0 Å². The van der Waals surface area contributed by atoms with E-state index in [9.17, 15) is 8.78 Å². The van der Waals surface area contributed by atoms with Crippen LogP contribution in [0.3, 0.4) is 0 Å². The summed E-state index contributed by atoms with van der Waals surface area (Å²) >= 11 is 5.57. The lowest BCUT2D eigenvalue weighted by molar-refractivity contribution is 0.598. The van der Waals surface area contributed by atoms with Crippen molar-refractivity contribution in [3.8, 4) is 0 Å². The minimum absolute atomic E-state index is 0.0315. The van der Waals surface area contributed by atoms with Gasteiger partial charge in [-0.15, -0.1) is 0 Å². The first-order valence-electron chi connectivity index (χ1n) is 4.09. The van der Waals surface area contributed by atoms with E-state index >= 15 is 0 Å². The van der Waals surface area contributed by atoms with Crippen molar-refractivity contribution < 1.29 is 8.78 Å². The van der Waals surface area contributed by atoms with Gasteiger partial charge in [0.2, 0.25) is 0 Å². The predicted molar refractivity (Wildman–Crippen MR) is 54.1 cm³/mol. The Morgan fingerprint density at radius 3 is 2.50 bits per heavy atom. The van der Waals surface area contributed by atoms with Crippen LogP contribution in [0, 0.1) is 11.6 Å². The third-order valence-corrected chi connectivity index (χ3v) is 2.03. The summed E-state index contributed by atoms with van der Waals surface area (Å²) in [5, 5.41) is -0.220. The van der Waals surface area contributed by atoms with E-state index in [0.717, 1.165) is 12.1 Å². The van der Waals surface area contributed by atoms with Crippen LogP contribution < -0.4 is 5.73 Å². The average molecular weight is 218 g/mol. The molecule has 0 aromatic heterocycles. The van der Waals surface area contributed by atoms with Gasteiger partial charge in [-0.3, -0.25) is 0 Å². The molecule has 0 spiro atoms. The molecule has 0 aliphatic heterocycles. The van der Waals surface area contributed by atoms with E-state index in [0.29, 0.717) is 0 Å². The van der Waals surface area contributed by atoms with Crippen LogP contribution in [0.25, 0.3) is 6.08 Å². The fraction of sp³-hybridized carbons (Fsp3) is 0.200. The van der Waals surface area contributed by atoms with Crippen molar-refractivity contribution >= 4 is 17.7 Å². The van der Waals surface area contributed by atoms with Crippen molar-refractivity contribution in [2.24, 2.45) is 5.73 Å². The second kappa shape index (κ2) is 4.53. The summed E-state index contributed by atoms with van der Waals surface area (Å²) in [5.41, 5.74) is 5.46. The van der Waals surface area contributed by atoms with Gasteiger partial charge >= 0.3 is 0 Å². The van der Waals surface area contributed by atoms with E-state index in [1.807, 2.05) is 0 Å². The maximum Gasteiger partial charge on any atom is 0.142 e. The predicted octanol–water partition coefficient (Wildman–Crippen LogP) is 2.98. The Hall–Kier alpha value is -0.930. The number of hydrogen-bond acceptors (Lipinski definition) is 1. The number of halogens is 3. The highest BCUT2D eigenvalue weighted by atomic mass is 35.5. The average Bonchev–Trinajstić information content (AvgIpc) is 2.11. The highest BCUT2D eigenvalue weighted by Gasteiger charge is 2.08. The lowest BCUT2D eigenvalue weighted by Gasteiger charge is -2.02. The van der Waals surface area contributed by atoms with Crippen molar-refractivity contribution in [3.05, 3.63) is 40.4 Å². The Bertz CT molecular complexity index is 361. The van der Waals surface area contributed by atoms with Gasteiger partial charge in [-0.2, -0.15) is 0 Å². The van der Waals surface area contributed by atoms with Crippen molar-refractivity contribution in [2.45, 2.75) is 13.0 Å². The minimum Gasteiger partial charge on any atom is -0.325 e. The van der Waals surface area contributed by atoms with E-state index in [2.05, 4.69) is 0 Å². The molecule has 14 heavy (non-hydrogen) atoms. The second-order valence-corrected chi connectivity index (χ2v) is 3.35. The zero-order valence-electron chi connectivity index (χ0n) is 7.60. The summed E-state index contributed by atoms with van der Waals surface area (Å²) in [5.74, 6) is -1.20. The molecule has 0 fully saturated rings. The standard InChI is InChI=1S/C10H10ClF2N/c1-6(14)2-3-7-8(12)4-5-9(13)10(7)11/h2-6H,14H2,1H3/b3-2+. The van der Waals surface area contributed by atoms with E-state index in [1.165, 1.54) is 6.08 Å². The summed E-state index contributed by atoms with van der Waals surface area (Å²) in [7, 11) is 0. The number of hydrogen-bond donors (Lipinski definition) is 1. The van der Waals surface area contributed by atoms with E-state index in [4.69, 9.17) is 17.3 Å². The topological polar surface area (TPSA) is 26.0 Å². The van der Waals surface area contributed by atoms with Crippen LogP contribution in [-0.2, 0) is 0 Å². The first-order chi connectivity index (χ1) is 6.52. The normalized spacial score (nSPS) is 13.5. The molecule has 1 nitrogen and oxygen atoms in total. The third kappa shape index (κ3) is 2.53. The fourth-order valence-electron chi connectivity index (χ4n) is 0.944. The zero-order valence-corrected chi connectivity index (χ0v) is 8.35. The highest BCUT2D eigenvalue weighted by Crippen LogP contribution is 2.23. The Morgan fingerprint density at radius 1 is 1.36 bits per heavy atom. The summed E-state index contributed by atoms with van der Waals surface area (Å²) in [6.45, 7) is 1.72. The molecule has 0 aliphatic rings. The molecule has 1 atom stereocenters.